The first-order valence-electron chi connectivity index (χ1n) is 5.99. The molecule has 2 heterocycles. The molecule has 1 aliphatic heterocycles. The summed E-state index contributed by atoms with van der Waals surface area (Å²) in [4.78, 5) is 10.4. The van der Waals surface area contributed by atoms with Gasteiger partial charge in [-0.25, -0.2) is 9.97 Å². The molecular weight excluding hydrogens is 238 g/mol. The number of rotatable bonds is 2. The lowest BCUT2D eigenvalue weighted by Gasteiger charge is -2.28. The highest BCUT2D eigenvalue weighted by atomic mass is 15.3. The Bertz CT molecular complexity index is 621. The standard InChI is InChI=1S/C14H13N5/c15-13-6-9-16-10-19(13)12-5-2-1-4-11(12)14-17-7-3-8-18-14/h1-9,15-16H,10H2. The van der Waals surface area contributed by atoms with Crippen LogP contribution in [0.25, 0.3) is 11.4 Å². The van der Waals surface area contributed by atoms with Crippen LogP contribution in [0.2, 0.25) is 0 Å². The summed E-state index contributed by atoms with van der Waals surface area (Å²) in [5, 5.41) is 11.1. The van der Waals surface area contributed by atoms with Crippen molar-refractivity contribution in [2.75, 3.05) is 11.6 Å². The van der Waals surface area contributed by atoms with Crippen molar-refractivity contribution in [3.05, 3.63) is 55.0 Å². The maximum atomic E-state index is 8.00. The molecule has 2 N–H and O–H groups in total. The van der Waals surface area contributed by atoms with Gasteiger partial charge in [0.25, 0.3) is 0 Å². The molecule has 19 heavy (non-hydrogen) atoms. The van der Waals surface area contributed by atoms with Crippen molar-refractivity contribution < 1.29 is 0 Å². The maximum Gasteiger partial charge on any atom is 0.161 e. The topological polar surface area (TPSA) is 64.9 Å². The molecule has 0 unspecified atom stereocenters. The van der Waals surface area contributed by atoms with Crippen LogP contribution < -0.4 is 10.2 Å². The molecule has 0 amide bonds. The van der Waals surface area contributed by atoms with E-state index in [1.807, 2.05) is 29.2 Å². The largest absolute Gasteiger partial charge is 0.373 e. The Kier molecular flexibility index (Phi) is 2.94. The van der Waals surface area contributed by atoms with Gasteiger partial charge in [0.15, 0.2) is 5.82 Å². The highest BCUT2D eigenvalue weighted by molar-refractivity contribution is 6.06. The van der Waals surface area contributed by atoms with Gasteiger partial charge in [0.2, 0.25) is 0 Å². The van der Waals surface area contributed by atoms with Crippen molar-refractivity contribution in [2.45, 2.75) is 0 Å². The van der Waals surface area contributed by atoms with Gasteiger partial charge in [-0.15, -0.1) is 0 Å². The maximum absolute atomic E-state index is 8.00. The Labute approximate surface area is 111 Å². The van der Waals surface area contributed by atoms with Crippen molar-refractivity contribution >= 4 is 11.5 Å². The summed E-state index contributed by atoms with van der Waals surface area (Å²) in [5.74, 6) is 1.11. The molecule has 94 valence electrons. The first-order chi connectivity index (χ1) is 9.36. The number of para-hydroxylation sites is 1. The molecule has 0 spiro atoms. The number of hydrogen-bond donors (Lipinski definition) is 2. The van der Waals surface area contributed by atoms with Crippen molar-refractivity contribution in [1.29, 1.82) is 5.41 Å². The van der Waals surface area contributed by atoms with Crippen LogP contribution in [0.1, 0.15) is 0 Å². The van der Waals surface area contributed by atoms with Crippen LogP contribution in [0, 0.1) is 5.41 Å². The predicted molar refractivity (Wildman–Crippen MR) is 74.8 cm³/mol. The summed E-state index contributed by atoms with van der Waals surface area (Å²) >= 11 is 0. The Balaban J connectivity index is 2.08. The van der Waals surface area contributed by atoms with E-state index in [1.54, 1.807) is 30.7 Å². The fraction of sp³-hybridized carbons (Fsp3) is 0.0714. The molecule has 0 saturated heterocycles. The van der Waals surface area contributed by atoms with E-state index >= 15 is 0 Å². The molecule has 5 heteroatoms. The summed E-state index contributed by atoms with van der Waals surface area (Å²) in [7, 11) is 0. The highest BCUT2D eigenvalue weighted by Crippen LogP contribution is 2.28. The second-order valence-electron chi connectivity index (χ2n) is 4.10. The van der Waals surface area contributed by atoms with E-state index < -0.39 is 0 Å². The zero-order valence-electron chi connectivity index (χ0n) is 10.2. The third kappa shape index (κ3) is 2.18. The molecular formula is C14H13N5. The Morgan fingerprint density at radius 3 is 2.68 bits per heavy atom. The summed E-state index contributed by atoms with van der Waals surface area (Å²) < 4.78 is 0. The Morgan fingerprint density at radius 2 is 1.89 bits per heavy atom. The van der Waals surface area contributed by atoms with Gasteiger partial charge in [-0.05, 0) is 24.3 Å². The van der Waals surface area contributed by atoms with E-state index in [4.69, 9.17) is 5.41 Å². The lowest BCUT2D eigenvalue weighted by molar-refractivity contribution is 0.841. The molecule has 2 aromatic rings. The van der Waals surface area contributed by atoms with E-state index in [9.17, 15) is 0 Å². The normalized spacial score (nSPS) is 14.3. The third-order valence-electron chi connectivity index (χ3n) is 2.90. The zero-order chi connectivity index (χ0) is 13.1. The minimum Gasteiger partial charge on any atom is -0.373 e. The zero-order valence-corrected chi connectivity index (χ0v) is 10.2. The molecule has 3 rings (SSSR count). The van der Waals surface area contributed by atoms with Crippen LogP contribution in [0.3, 0.4) is 0 Å². The average Bonchev–Trinajstić information content (AvgIpc) is 2.49. The van der Waals surface area contributed by atoms with Crippen LogP contribution in [0.15, 0.2) is 55.0 Å². The number of hydrogen-bond acceptors (Lipinski definition) is 4. The molecule has 0 radical (unpaired) electrons. The van der Waals surface area contributed by atoms with Gasteiger partial charge < -0.3 is 10.2 Å². The Morgan fingerprint density at radius 1 is 1.11 bits per heavy atom. The molecule has 0 fully saturated rings. The predicted octanol–water partition coefficient (Wildman–Crippen LogP) is 2.00. The van der Waals surface area contributed by atoms with Gasteiger partial charge in [0.05, 0.1) is 12.4 Å². The fourth-order valence-corrected chi connectivity index (χ4v) is 2.01. The first-order valence-corrected chi connectivity index (χ1v) is 5.99. The highest BCUT2D eigenvalue weighted by Gasteiger charge is 2.17. The molecule has 1 aromatic carbocycles. The van der Waals surface area contributed by atoms with Crippen LogP contribution in [-0.4, -0.2) is 22.5 Å². The van der Waals surface area contributed by atoms with Crippen molar-refractivity contribution in [3.63, 3.8) is 0 Å². The van der Waals surface area contributed by atoms with Crippen LogP contribution in [0.4, 0.5) is 5.69 Å². The third-order valence-corrected chi connectivity index (χ3v) is 2.90. The number of nitrogens with zero attached hydrogens (tertiary/aromatic N) is 3. The minimum absolute atomic E-state index is 0.446. The number of nitrogens with one attached hydrogen (secondary N) is 2. The van der Waals surface area contributed by atoms with Gasteiger partial charge in [-0.3, -0.25) is 5.41 Å². The molecule has 0 saturated carbocycles. The number of amidine groups is 1. The first kappa shape index (κ1) is 11.4. The number of benzene rings is 1. The van der Waals surface area contributed by atoms with Gasteiger partial charge in [-0.2, -0.15) is 0 Å². The van der Waals surface area contributed by atoms with Crippen LogP contribution in [0.5, 0.6) is 0 Å². The van der Waals surface area contributed by atoms with Crippen molar-refractivity contribution in [3.8, 4) is 11.4 Å². The number of anilines is 1. The second kappa shape index (κ2) is 4.89. The van der Waals surface area contributed by atoms with Crippen LogP contribution in [-0.2, 0) is 0 Å². The molecule has 5 nitrogen and oxygen atoms in total. The molecule has 1 aliphatic rings. The second-order valence-corrected chi connectivity index (χ2v) is 4.10. The van der Waals surface area contributed by atoms with Gasteiger partial charge in [-0.1, -0.05) is 12.1 Å². The van der Waals surface area contributed by atoms with E-state index in [0.29, 0.717) is 18.3 Å². The SMILES string of the molecule is N=C1C=CNCN1c1ccccc1-c1ncccn1. The van der Waals surface area contributed by atoms with Crippen LogP contribution >= 0.6 is 0 Å². The molecule has 0 bridgehead atoms. The van der Waals surface area contributed by atoms with Gasteiger partial charge in [0.1, 0.15) is 5.84 Å². The van der Waals surface area contributed by atoms with Gasteiger partial charge >= 0.3 is 0 Å². The summed E-state index contributed by atoms with van der Waals surface area (Å²) in [5.41, 5.74) is 1.85. The number of aromatic nitrogens is 2. The summed E-state index contributed by atoms with van der Waals surface area (Å²) in [6, 6.07) is 9.64. The average molecular weight is 251 g/mol. The summed E-state index contributed by atoms with van der Waals surface area (Å²) in [6.07, 6.45) is 6.95. The fourth-order valence-electron chi connectivity index (χ4n) is 2.01. The monoisotopic (exact) mass is 251 g/mol. The van der Waals surface area contributed by atoms with E-state index in [2.05, 4.69) is 15.3 Å². The van der Waals surface area contributed by atoms with E-state index in [0.717, 1.165) is 11.3 Å². The summed E-state index contributed by atoms with van der Waals surface area (Å²) in [6.45, 7) is 0.569. The van der Waals surface area contributed by atoms with Gasteiger partial charge in [0, 0.05) is 24.2 Å². The van der Waals surface area contributed by atoms with E-state index in [1.165, 1.54) is 0 Å². The smallest absolute Gasteiger partial charge is 0.161 e. The molecule has 0 atom stereocenters. The lowest BCUT2D eigenvalue weighted by atomic mass is 10.1. The van der Waals surface area contributed by atoms with Crippen molar-refractivity contribution in [2.24, 2.45) is 0 Å². The molecule has 0 aliphatic carbocycles. The van der Waals surface area contributed by atoms with E-state index in [-0.39, 0.29) is 0 Å². The van der Waals surface area contributed by atoms with Crippen molar-refractivity contribution in [1.82, 2.24) is 15.3 Å². The minimum atomic E-state index is 0.446. The lowest BCUT2D eigenvalue weighted by Crippen LogP contribution is -2.39. The molecule has 1 aromatic heterocycles. The quantitative estimate of drug-likeness (QED) is 0.856. The Hall–Kier alpha value is -2.69.